The number of H-pyrrole nitrogens is 1. The lowest BCUT2D eigenvalue weighted by Gasteiger charge is -2.17. The Hall–Kier alpha value is -2.71. The molecule has 0 spiro atoms. The number of hydrogen-bond donors (Lipinski definition) is 2. The van der Waals surface area contributed by atoms with Gasteiger partial charge in [0.15, 0.2) is 0 Å². The first-order valence-corrected chi connectivity index (χ1v) is 9.37. The molecule has 0 saturated heterocycles. The van der Waals surface area contributed by atoms with Crippen LogP contribution in [-0.4, -0.2) is 35.3 Å². The number of sulfonamides is 1. The maximum Gasteiger partial charge on any atom is 0.318 e. The Bertz CT molecular complexity index is 1150. The van der Waals surface area contributed by atoms with E-state index in [1.54, 1.807) is 31.3 Å². The first-order chi connectivity index (χ1) is 12.3. The molecule has 1 aliphatic heterocycles. The van der Waals surface area contributed by atoms with Gasteiger partial charge in [-0.15, -0.1) is 0 Å². The van der Waals surface area contributed by atoms with Gasteiger partial charge in [0, 0.05) is 28.7 Å². The normalized spacial score (nSPS) is 18.9. The highest BCUT2D eigenvalue weighted by Crippen LogP contribution is 2.41. The molecule has 2 N–H and O–H groups in total. The van der Waals surface area contributed by atoms with E-state index in [2.05, 4.69) is 4.98 Å². The molecule has 6 nitrogen and oxygen atoms in total. The molecule has 0 radical (unpaired) electrons. The van der Waals surface area contributed by atoms with Crippen LogP contribution in [0, 0.1) is 5.82 Å². The fourth-order valence-electron chi connectivity index (χ4n) is 3.46. The molecular weight excluding hydrogens is 359 g/mol. The summed E-state index contributed by atoms with van der Waals surface area (Å²) in [7, 11) is -3.83. The van der Waals surface area contributed by atoms with E-state index in [-0.39, 0.29) is 10.7 Å². The third-order valence-electron chi connectivity index (χ3n) is 4.72. The van der Waals surface area contributed by atoms with Gasteiger partial charge in [-0.25, -0.2) is 12.8 Å². The van der Waals surface area contributed by atoms with Gasteiger partial charge in [0.05, 0.1) is 4.90 Å². The lowest BCUT2D eigenvalue weighted by Crippen LogP contribution is -2.32. The summed E-state index contributed by atoms with van der Waals surface area (Å²) in [5, 5.41) is 9.83. The molecule has 1 aliphatic rings. The van der Waals surface area contributed by atoms with Crippen molar-refractivity contribution in [3.63, 3.8) is 0 Å². The zero-order valence-electron chi connectivity index (χ0n) is 13.7. The van der Waals surface area contributed by atoms with E-state index < -0.39 is 28.6 Å². The third kappa shape index (κ3) is 2.41. The smallest absolute Gasteiger partial charge is 0.318 e. The molecule has 0 fully saturated rings. The van der Waals surface area contributed by atoms with Crippen LogP contribution in [0.3, 0.4) is 0 Å². The highest BCUT2D eigenvalue weighted by Gasteiger charge is 2.41. The minimum Gasteiger partial charge on any atom is -0.480 e. The van der Waals surface area contributed by atoms with Crippen LogP contribution in [-0.2, 0) is 14.8 Å². The molecule has 1 aromatic heterocycles. The molecule has 1 unspecified atom stereocenters. The van der Waals surface area contributed by atoms with Crippen LogP contribution in [0.2, 0.25) is 0 Å². The molecule has 26 heavy (non-hydrogen) atoms. The number of carboxylic acid groups (broad SMARTS) is 1. The molecule has 8 heteroatoms. The van der Waals surface area contributed by atoms with Crippen LogP contribution in [0.4, 0.5) is 4.39 Å². The second kappa shape index (κ2) is 5.65. The van der Waals surface area contributed by atoms with Crippen LogP contribution in [0.1, 0.15) is 18.5 Å². The van der Waals surface area contributed by atoms with E-state index in [0.29, 0.717) is 11.1 Å². The largest absolute Gasteiger partial charge is 0.480 e. The van der Waals surface area contributed by atoms with Crippen LogP contribution >= 0.6 is 0 Å². The molecule has 3 aromatic rings. The van der Waals surface area contributed by atoms with E-state index >= 15 is 0 Å². The summed E-state index contributed by atoms with van der Waals surface area (Å²) in [6.45, 7) is 1.08. The standard InChI is InChI=1S/C18H15FN2O4S/c1-10-14-6-11(15-8-20-16-7-12(19)3-4-13(15)16)2-5-17(14)26(24,25)21(10)9-18(22)23/h2-8,10,20H,9H2,1H3,(H,22,23). The highest BCUT2D eigenvalue weighted by atomic mass is 32.2. The summed E-state index contributed by atoms with van der Waals surface area (Å²) in [5.41, 5.74) is 2.80. The molecular formula is C18H15FN2O4S. The van der Waals surface area contributed by atoms with E-state index in [4.69, 9.17) is 5.11 Å². The van der Waals surface area contributed by atoms with Crippen LogP contribution < -0.4 is 0 Å². The number of aromatic amines is 1. The molecule has 1 atom stereocenters. The average molecular weight is 374 g/mol. The number of carbonyl (C=O) groups is 1. The van der Waals surface area contributed by atoms with Crippen molar-refractivity contribution in [3.05, 3.63) is 54.0 Å². The average Bonchev–Trinajstić information content (AvgIpc) is 3.07. The second-order valence-electron chi connectivity index (χ2n) is 6.26. The Morgan fingerprint density at radius 2 is 2.04 bits per heavy atom. The number of nitrogens with one attached hydrogen (secondary N) is 1. The Kier molecular flexibility index (Phi) is 3.64. The molecule has 2 heterocycles. The molecule has 0 aliphatic carbocycles. The number of aromatic nitrogens is 1. The SMILES string of the molecule is CC1c2cc(-c3c[nH]c4cc(F)ccc34)ccc2S(=O)(=O)N1CC(=O)O. The Labute approximate surface area is 148 Å². The van der Waals surface area contributed by atoms with Crippen molar-refractivity contribution in [2.75, 3.05) is 6.54 Å². The molecule has 4 rings (SSSR count). The molecule has 134 valence electrons. The summed E-state index contributed by atoms with van der Waals surface area (Å²) in [4.78, 5) is 14.2. The Morgan fingerprint density at radius 1 is 1.27 bits per heavy atom. The van der Waals surface area contributed by atoms with Gasteiger partial charge in [0.25, 0.3) is 0 Å². The number of hydrogen-bond acceptors (Lipinski definition) is 3. The van der Waals surface area contributed by atoms with Crippen molar-refractivity contribution in [2.45, 2.75) is 17.9 Å². The van der Waals surface area contributed by atoms with Crippen molar-refractivity contribution in [3.8, 4) is 11.1 Å². The maximum atomic E-state index is 13.4. The van der Waals surface area contributed by atoms with E-state index in [1.165, 1.54) is 18.2 Å². The molecule has 0 saturated carbocycles. The predicted octanol–water partition coefficient (Wildman–Crippen LogP) is 3.12. The Balaban J connectivity index is 1.84. The maximum absolute atomic E-state index is 13.4. The zero-order chi connectivity index (χ0) is 18.6. The number of halogens is 1. The van der Waals surface area contributed by atoms with Gasteiger partial charge < -0.3 is 10.1 Å². The predicted molar refractivity (Wildman–Crippen MR) is 93.6 cm³/mol. The topological polar surface area (TPSA) is 90.5 Å². The summed E-state index contributed by atoms with van der Waals surface area (Å²) < 4.78 is 39.5. The number of benzene rings is 2. The van der Waals surface area contributed by atoms with Crippen molar-refractivity contribution in [1.29, 1.82) is 0 Å². The highest BCUT2D eigenvalue weighted by molar-refractivity contribution is 7.89. The third-order valence-corrected chi connectivity index (χ3v) is 6.71. The monoisotopic (exact) mass is 374 g/mol. The van der Waals surface area contributed by atoms with E-state index in [9.17, 15) is 17.6 Å². The number of nitrogens with zero attached hydrogens (tertiary/aromatic N) is 1. The van der Waals surface area contributed by atoms with Crippen molar-refractivity contribution < 1.29 is 22.7 Å². The van der Waals surface area contributed by atoms with Gasteiger partial charge in [-0.05, 0) is 48.4 Å². The molecule has 2 aromatic carbocycles. The fraction of sp³-hybridized carbons (Fsp3) is 0.167. The number of aliphatic carboxylic acids is 1. The molecule has 0 bridgehead atoms. The van der Waals surface area contributed by atoms with Crippen LogP contribution in [0.5, 0.6) is 0 Å². The van der Waals surface area contributed by atoms with Gasteiger partial charge in [-0.1, -0.05) is 6.07 Å². The summed E-state index contributed by atoms with van der Waals surface area (Å²) in [5.74, 6) is -1.55. The first kappa shape index (κ1) is 16.7. The number of carboxylic acids is 1. The van der Waals surface area contributed by atoms with Gasteiger partial charge in [0.2, 0.25) is 10.0 Å². The quantitative estimate of drug-likeness (QED) is 0.737. The van der Waals surface area contributed by atoms with Crippen molar-refractivity contribution >= 4 is 26.9 Å². The van der Waals surface area contributed by atoms with Gasteiger partial charge in [-0.3, -0.25) is 4.79 Å². The summed E-state index contributed by atoms with van der Waals surface area (Å²) >= 11 is 0. The first-order valence-electron chi connectivity index (χ1n) is 7.93. The van der Waals surface area contributed by atoms with Gasteiger partial charge >= 0.3 is 5.97 Å². The second-order valence-corrected chi connectivity index (χ2v) is 8.12. The van der Waals surface area contributed by atoms with E-state index in [1.807, 2.05) is 0 Å². The molecule has 0 amide bonds. The number of fused-ring (bicyclic) bond motifs is 2. The van der Waals surface area contributed by atoms with Crippen LogP contribution in [0.25, 0.3) is 22.0 Å². The Morgan fingerprint density at radius 3 is 2.77 bits per heavy atom. The fourth-order valence-corrected chi connectivity index (χ4v) is 5.29. The van der Waals surface area contributed by atoms with Gasteiger partial charge in [-0.2, -0.15) is 4.31 Å². The van der Waals surface area contributed by atoms with E-state index in [0.717, 1.165) is 20.8 Å². The minimum absolute atomic E-state index is 0.126. The lowest BCUT2D eigenvalue weighted by molar-refractivity contribution is -0.137. The van der Waals surface area contributed by atoms with Crippen molar-refractivity contribution in [2.24, 2.45) is 0 Å². The van der Waals surface area contributed by atoms with Crippen molar-refractivity contribution in [1.82, 2.24) is 9.29 Å². The lowest BCUT2D eigenvalue weighted by atomic mass is 9.99. The summed E-state index contributed by atoms with van der Waals surface area (Å²) in [6, 6.07) is 8.79. The van der Waals surface area contributed by atoms with Gasteiger partial charge in [0.1, 0.15) is 12.4 Å². The zero-order valence-corrected chi connectivity index (χ0v) is 14.5. The minimum atomic E-state index is -3.83. The van der Waals surface area contributed by atoms with Crippen LogP contribution in [0.15, 0.2) is 47.5 Å². The summed E-state index contributed by atoms with van der Waals surface area (Å²) in [6.07, 6.45) is 1.75. The number of rotatable bonds is 3.